The number of hydrogen-bond acceptors (Lipinski definition) is 2. The number of nitrogens with zero attached hydrogens (tertiary/aromatic N) is 2. The smallest absolute Gasteiger partial charge is 0.236 e. The van der Waals surface area contributed by atoms with Crippen LogP contribution in [-0.4, -0.2) is 42.4 Å². The molecule has 0 unspecified atom stereocenters. The van der Waals surface area contributed by atoms with E-state index in [-0.39, 0.29) is 5.91 Å². The first-order valence-electron chi connectivity index (χ1n) is 5.46. The van der Waals surface area contributed by atoms with Crippen LogP contribution in [0, 0.1) is 0 Å². The van der Waals surface area contributed by atoms with Crippen molar-refractivity contribution in [2.24, 2.45) is 0 Å². The summed E-state index contributed by atoms with van der Waals surface area (Å²) in [5, 5.41) is 0.741. The molecular weight excluding hydrogens is 304 g/mol. The van der Waals surface area contributed by atoms with Crippen molar-refractivity contribution >= 4 is 33.4 Å². The molecule has 1 heterocycles. The van der Waals surface area contributed by atoms with Gasteiger partial charge in [-0.1, -0.05) is 33.6 Å². The van der Waals surface area contributed by atoms with Crippen molar-refractivity contribution in [2.45, 2.75) is 6.54 Å². The lowest BCUT2D eigenvalue weighted by Gasteiger charge is -2.32. The van der Waals surface area contributed by atoms with Crippen LogP contribution in [0.1, 0.15) is 5.56 Å². The number of carbonyl (C=O) groups is 1. The molecule has 1 aliphatic heterocycles. The summed E-state index contributed by atoms with van der Waals surface area (Å²) in [6.45, 7) is 2.89. The van der Waals surface area contributed by atoms with Crippen molar-refractivity contribution < 1.29 is 4.79 Å². The summed E-state index contributed by atoms with van der Waals surface area (Å²) in [6, 6.07) is 5.85. The number of hydrogen-bond donors (Lipinski definition) is 0. The van der Waals surface area contributed by atoms with Crippen molar-refractivity contribution in [1.29, 1.82) is 0 Å². The normalized spacial score (nSPS) is 17.6. The van der Waals surface area contributed by atoms with Gasteiger partial charge in [-0.25, -0.2) is 0 Å². The molecule has 1 fully saturated rings. The van der Waals surface area contributed by atoms with Crippen LogP contribution in [0.3, 0.4) is 0 Å². The van der Waals surface area contributed by atoms with Crippen LogP contribution >= 0.6 is 27.5 Å². The van der Waals surface area contributed by atoms with Crippen LogP contribution in [0.25, 0.3) is 0 Å². The average Bonchev–Trinajstić information content (AvgIpc) is 2.27. The molecule has 0 aromatic heterocycles. The van der Waals surface area contributed by atoms with E-state index in [4.69, 9.17) is 11.6 Å². The predicted molar refractivity (Wildman–Crippen MR) is 72.1 cm³/mol. The van der Waals surface area contributed by atoms with E-state index in [2.05, 4.69) is 20.8 Å². The van der Waals surface area contributed by atoms with Crippen LogP contribution in [0.2, 0.25) is 5.02 Å². The minimum atomic E-state index is 0.171. The first-order valence-corrected chi connectivity index (χ1v) is 6.63. The molecule has 1 aliphatic rings. The van der Waals surface area contributed by atoms with Gasteiger partial charge in [-0.05, 0) is 17.7 Å². The zero-order chi connectivity index (χ0) is 12.4. The summed E-state index contributed by atoms with van der Waals surface area (Å²) in [7, 11) is 1.84. The predicted octanol–water partition coefficient (Wildman–Crippen LogP) is 2.38. The summed E-state index contributed by atoms with van der Waals surface area (Å²) in [5.74, 6) is 0.171. The van der Waals surface area contributed by atoms with E-state index in [1.165, 1.54) is 0 Å². The molecule has 0 saturated carbocycles. The van der Waals surface area contributed by atoms with Gasteiger partial charge in [0.25, 0.3) is 0 Å². The highest BCUT2D eigenvalue weighted by Gasteiger charge is 2.21. The van der Waals surface area contributed by atoms with Gasteiger partial charge in [-0.2, -0.15) is 0 Å². The Morgan fingerprint density at radius 3 is 2.82 bits per heavy atom. The highest BCUT2D eigenvalue weighted by molar-refractivity contribution is 9.10. The Labute approximate surface area is 114 Å². The number of likely N-dealkylation sites (N-methyl/N-ethyl adjacent to an activating group) is 1. The summed E-state index contributed by atoms with van der Waals surface area (Å²) in [5.41, 5.74) is 1.06. The van der Waals surface area contributed by atoms with E-state index in [1.807, 2.05) is 25.2 Å². The molecule has 0 aliphatic carbocycles. The summed E-state index contributed by atoms with van der Waals surface area (Å²) >= 11 is 9.54. The van der Waals surface area contributed by atoms with Gasteiger partial charge in [0.2, 0.25) is 5.91 Å². The molecule has 5 heteroatoms. The van der Waals surface area contributed by atoms with Crippen LogP contribution < -0.4 is 0 Å². The maximum absolute atomic E-state index is 11.6. The van der Waals surface area contributed by atoms with E-state index in [1.54, 1.807) is 4.90 Å². The third-order valence-corrected chi connectivity index (χ3v) is 3.79. The molecule has 0 bridgehead atoms. The number of rotatable bonds is 2. The van der Waals surface area contributed by atoms with Crippen molar-refractivity contribution in [1.82, 2.24) is 9.80 Å². The van der Waals surface area contributed by atoms with Crippen LogP contribution in [-0.2, 0) is 11.3 Å². The molecule has 0 spiro atoms. The lowest BCUT2D eigenvalue weighted by atomic mass is 10.2. The monoisotopic (exact) mass is 316 g/mol. The number of piperazine rings is 1. The van der Waals surface area contributed by atoms with E-state index >= 15 is 0 Å². The highest BCUT2D eigenvalue weighted by Crippen LogP contribution is 2.23. The molecule has 17 heavy (non-hydrogen) atoms. The minimum Gasteiger partial charge on any atom is -0.343 e. The van der Waals surface area contributed by atoms with Gasteiger partial charge in [-0.3, -0.25) is 9.69 Å². The Hall–Kier alpha value is -0.580. The van der Waals surface area contributed by atoms with E-state index < -0.39 is 0 Å². The maximum atomic E-state index is 11.6. The molecule has 1 aromatic rings. The fraction of sp³-hybridized carbons (Fsp3) is 0.417. The zero-order valence-corrected chi connectivity index (χ0v) is 12.0. The van der Waals surface area contributed by atoms with Gasteiger partial charge in [0.05, 0.1) is 6.54 Å². The van der Waals surface area contributed by atoms with Crippen molar-refractivity contribution in [3.8, 4) is 0 Å². The number of benzene rings is 1. The second-order valence-corrected chi connectivity index (χ2v) is 5.58. The minimum absolute atomic E-state index is 0.171. The Bertz CT molecular complexity index is 439. The Morgan fingerprint density at radius 1 is 1.41 bits per heavy atom. The number of amides is 1. The molecule has 3 nitrogen and oxygen atoms in total. The zero-order valence-electron chi connectivity index (χ0n) is 9.62. The standard InChI is InChI=1S/C12H14BrClN2O/c1-15-4-5-16(8-12(15)17)7-9-2-3-10(13)6-11(9)14/h2-3,6H,4-5,7-8H2,1H3. The quantitative estimate of drug-likeness (QED) is 0.836. The second kappa shape index (κ2) is 5.38. The number of carbonyl (C=O) groups excluding carboxylic acids is 1. The Kier molecular flexibility index (Phi) is 4.07. The largest absolute Gasteiger partial charge is 0.343 e. The van der Waals surface area contributed by atoms with Gasteiger partial charge in [-0.15, -0.1) is 0 Å². The lowest BCUT2D eigenvalue weighted by molar-refractivity contribution is -0.134. The first-order chi connectivity index (χ1) is 8.06. The van der Waals surface area contributed by atoms with Gasteiger partial charge in [0, 0.05) is 36.2 Å². The number of halogens is 2. The molecular formula is C12H14BrClN2O. The van der Waals surface area contributed by atoms with Crippen LogP contribution in [0.4, 0.5) is 0 Å². The van der Waals surface area contributed by atoms with E-state index in [9.17, 15) is 4.79 Å². The van der Waals surface area contributed by atoms with Crippen LogP contribution in [0.15, 0.2) is 22.7 Å². The molecule has 0 radical (unpaired) electrons. The van der Waals surface area contributed by atoms with Crippen LogP contribution in [0.5, 0.6) is 0 Å². The molecule has 2 rings (SSSR count). The molecule has 1 aromatic carbocycles. The SMILES string of the molecule is CN1CCN(Cc2ccc(Br)cc2Cl)CC1=O. The molecule has 0 atom stereocenters. The van der Waals surface area contributed by atoms with Crippen molar-refractivity contribution in [2.75, 3.05) is 26.7 Å². The Morgan fingerprint density at radius 2 is 2.18 bits per heavy atom. The third kappa shape index (κ3) is 3.21. The van der Waals surface area contributed by atoms with Gasteiger partial charge >= 0.3 is 0 Å². The third-order valence-electron chi connectivity index (χ3n) is 2.95. The summed E-state index contributed by atoms with van der Waals surface area (Å²) in [6.07, 6.45) is 0. The average molecular weight is 318 g/mol. The Balaban J connectivity index is 2.04. The topological polar surface area (TPSA) is 23.6 Å². The first kappa shape index (κ1) is 12.9. The fourth-order valence-corrected chi connectivity index (χ4v) is 2.57. The molecule has 1 amide bonds. The summed E-state index contributed by atoms with van der Waals surface area (Å²) < 4.78 is 0.973. The van der Waals surface area contributed by atoms with Gasteiger partial charge in [0.1, 0.15) is 0 Å². The summed E-state index contributed by atoms with van der Waals surface area (Å²) in [4.78, 5) is 15.5. The molecule has 1 saturated heterocycles. The van der Waals surface area contributed by atoms with Crippen molar-refractivity contribution in [3.05, 3.63) is 33.3 Å². The van der Waals surface area contributed by atoms with Gasteiger partial charge in [0.15, 0.2) is 0 Å². The van der Waals surface area contributed by atoms with E-state index in [0.29, 0.717) is 6.54 Å². The van der Waals surface area contributed by atoms with Gasteiger partial charge < -0.3 is 4.90 Å². The molecule has 0 N–H and O–H groups in total. The fourth-order valence-electron chi connectivity index (χ4n) is 1.83. The lowest BCUT2D eigenvalue weighted by Crippen LogP contribution is -2.47. The van der Waals surface area contributed by atoms with E-state index in [0.717, 1.165) is 34.7 Å². The highest BCUT2D eigenvalue weighted by atomic mass is 79.9. The second-order valence-electron chi connectivity index (χ2n) is 4.26. The maximum Gasteiger partial charge on any atom is 0.236 e. The van der Waals surface area contributed by atoms with Crippen molar-refractivity contribution in [3.63, 3.8) is 0 Å². The molecule has 92 valence electrons.